The van der Waals surface area contributed by atoms with Gasteiger partial charge in [-0.2, -0.15) is 0 Å². The Labute approximate surface area is 145 Å². The van der Waals surface area contributed by atoms with Gasteiger partial charge in [-0.05, 0) is 44.2 Å². The predicted octanol–water partition coefficient (Wildman–Crippen LogP) is 2.11. The molecule has 7 heteroatoms. The van der Waals surface area contributed by atoms with E-state index in [0.29, 0.717) is 5.69 Å². The number of piperidine rings is 1. The largest absolute Gasteiger partial charge is 0.347 e. The van der Waals surface area contributed by atoms with Crippen molar-refractivity contribution in [2.75, 3.05) is 13.1 Å². The van der Waals surface area contributed by atoms with Crippen molar-refractivity contribution in [3.63, 3.8) is 0 Å². The van der Waals surface area contributed by atoms with Crippen molar-refractivity contribution in [3.05, 3.63) is 40.9 Å². The van der Waals surface area contributed by atoms with Crippen molar-refractivity contribution in [1.29, 1.82) is 0 Å². The number of amides is 1. The molecule has 2 aliphatic rings. The van der Waals surface area contributed by atoms with Crippen molar-refractivity contribution < 1.29 is 4.79 Å². The Morgan fingerprint density at radius 2 is 2.12 bits per heavy atom. The average molecular weight is 343 g/mol. The molecule has 1 saturated heterocycles. The fourth-order valence-electron chi connectivity index (χ4n) is 3.85. The molecule has 4 rings (SSSR count). The van der Waals surface area contributed by atoms with Gasteiger partial charge in [0.1, 0.15) is 10.7 Å². The van der Waals surface area contributed by atoms with E-state index >= 15 is 0 Å². The number of rotatable bonds is 4. The smallest absolute Gasteiger partial charge is 0.271 e. The van der Waals surface area contributed by atoms with Gasteiger partial charge in [0.2, 0.25) is 0 Å². The molecule has 1 N–H and O–H groups in total. The molecule has 3 heterocycles. The molecular weight excluding hydrogens is 322 g/mol. The normalized spacial score (nSPS) is 22.9. The molecule has 0 aromatic carbocycles. The minimum absolute atomic E-state index is 0.0996. The van der Waals surface area contributed by atoms with Crippen molar-refractivity contribution in [2.24, 2.45) is 5.41 Å². The summed E-state index contributed by atoms with van der Waals surface area (Å²) in [7, 11) is 0. The average Bonchev–Trinajstić information content (AvgIpc) is 3.13. The first-order valence-electron chi connectivity index (χ1n) is 8.43. The summed E-state index contributed by atoms with van der Waals surface area (Å²) < 4.78 is 0. The van der Waals surface area contributed by atoms with Crippen LogP contribution in [0.25, 0.3) is 0 Å². The molecule has 1 amide bonds. The number of nitrogens with zero attached hydrogens (tertiary/aromatic N) is 4. The number of hydrogen-bond donors (Lipinski definition) is 1. The maximum atomic E-state index is 12.3. The minimum atomic E-state index is -0.0996. The third-order valence-corrected chi connectivity index (χ3v) is 6.23. The Balaban J connectivity index is 1.33. The lowest BCUT2D eigenvalue weighted by atomic mass is 9.59. The van der Waals surface area contributed by atoms with Crippen molar-refractivity contribution in [2.45, 2.75) is 38.3 Å². The zero-order chi connectivity index (χ0) is 16.4. The first-order chi connectivity index (χ1) is 11.8. The number of likely N-dealkylation sites (tertiary alicyclic amines) is 1. The highest BCUT2D eigenvalue weighted by molar-refractivity contribution is 7.09. The second-order valence-electron chi connectivity index (χ2n) is 6.72. The highest BCUT2D eigenvalue weighted by Crippen LogP contribution is 2.49. The molecule has 126 valence electrons. The summed E-state index contributed by atoms with van der Waals surface area (Å²) in [4.78, 5) is 27.2. The van der Waals surface area contributed by atoms with Gasteiger partial charge in [0.05, 0.1) is 12.7 Å². The van der Waals surface area contributed by atoms with Crippen molar-refractivity contribution in [1.82, 2.24) is 25.2 Å². The van der Waals surface area contributed by atoms with Gasteiger partial charge in [-0.3, -0.25) is 14.7 Å². The Bertz CT molecular complexity index is 682. The summed E-state index contributed by atoms with van der Waals surface area (Å²) in [5.41, 5.74) is 0.679. The molecule has 2 aromatic rings. The number of carbonyl (C=O) groups excluding carboxylic acids is 1. The summed E-state index contributed by atoms with van der Waals surface area (Å²) in [5, 5.41) is 6.40. The Kier molecular flexibility index (Phi) is 4.28. The van der Waals surface area contributed by atoms with Crippen LogP contribution in [0.5, 0.6) is 0 Å². The predicted molar refractivity (Wildman–Crippen MR) is 91.6 cm³/mol. The zero-order valence-corrected chi connectivity index (χ0v) is 14.3. The molecule has 1 saturated carbocycles. The molecule has 1 aliphatic heterocycles. The van der Waals surface area contributed by atoms with Gasteiger partial charge in [0.15, 0.2) is 0 Å². The number of hydrogen-bond acceptors (Lipinski definition) is 6. The van der Waals surface area contributed by atoms with E-state index in [-0.39, 0.29) is 17.4 Å². The van der Waals surface area contributed by atoms with Gasteiger partial charge < -0.3 is 5.32 Å². The van der Waals surface area contributed by atoms with Gasteiger partial charge in [-0.15, -0.1) is 11.3 Å². The molecule has 0 radical (unpaired) electrons. The summed E-state index contributed by atoms with van der Waals surface area (Å²) in [6.07, 6.45) is 11.1. The molecular formula is C17H21N5OS. The Morgan fingerprint density at radius 3 is 2.75 bits per heavy atom. The third-order valence-electron chi connectivity index (χ3n) is 5.47. The third kappa shape index (κ3) is 3.06. The lowest BCUT2D eigenvalue weighted by Gasteiger charge is -2.54. The second-order valence-corrected chi connectivity index (χ2v) is 7.70. The Morgan fingerprint density at radius 1 is 1.25 bits per heavy atom. The van der Waals surface area contributed by atoms with Gasteiger partial charge in [-0.1, -0.05) is 0 Å². The van der Waals surface area contributed by atoms with Crippen LogP contribution in [0, 0.1) is 5.41 Å². The Hall–Kier alpha value is -1.86. The van der Waals surface area contributed by atoms with Crippen molar-refractivity contribution >= 4 is 17.2 Å². The standard InChI is InChI=1S/C17H21N5OS/c23-16(13-11-18-5-6-19-13)21-14-1-2-17(14)3-8-22(9-4-17)12-15-20-7-10-24-15/h5-7,10-11,14H,1-4,8-9,12H2,(H,21,23). The van der Waals surface area contributed by atoms with E-state index in [2.05, 4.69) is 25.2 Å². The summed E-state index contributed by atoms with van der Waals surface area (Å²) in [5.74, 6) is -0.0996. The SMILES string of the molecule is O=C(NC1CCC12CCN(Cc1nccs1)CC2)c1cnccn1. The second kappa shape index (κ2) is 6.57. The number of carbonyl (C=O) groups is 1. The van der Waals surface area contributed by atoms with Crippen LogP contribution >= 0.6 is 11.3 Å². The molecule has 6 nitrogen and oxygen atoms in total. The number of nitrogens with one attached hydrogen (secondary N) is 1. The van der Waals surface area contributed by atoms with Crippen LogP contribution in [0.15, 0.2) is 30.2 Å². The van der Waals surface area contributed by atoms with Crippen LogP contribution < -0.4 is 5.32 Å². The lowest BCUT2D eigenvalue weighted by molar-refractivity contribution is -0.00720. The van der Waals surface area contributed by atoms with E-state index in [9.17, 15) is 4.79 Å². The van der Waals surface area contributed by atoms with E-state index in [4.69, 9.17) is 0 Å². The summed E-state index contributed by atoms with van der Waals surface area (Å²) in [6.45, 7) is 3.11. The molecule has 2 fully saturated rings. The van der Waals surface area contributed by atoms with Crippen LogP contribution in [0.4, 0.5) is 0 Å². The van der Waals surface area contributed by atoms with Crippen LogP contribution in [0.3, 0.4) is 0 Å². The molecule has 1 unspecified atom stereocenters. The fraction of sp³-hybridized carbons (Fsp3) is 0.529. The van der Waals surface area contributed by atoms with Gasteiger partial charge >= 0.3 is 0 Å². The first-order valence-corrected chi connectivity index (χ1v) is 9.31. The van der Waals surface area contributed by atoms with Crippen LogP contribution in [0.2, 0.25) is 0 Å². The van der Waals surface area contributed by atoms with Crippen molar-refractivity contribution in [3.8, 4) is 0 Å². The van der Waals surface area contributed by atoms with E-state index in [1.807, 2.05) is 11.6 Å². The van der Waals surface area contributed by atoms with Gasteiger partial charge in [-0.25, -0.2) is 9.97 Å². The van der Waals surface area contributed by atoms with E-state index in [1.54, 1.807) is 23.7 Å². The maximum Gasteiger partial charge on any atom is 0.271 e. The molecule has 1 atom stereocenters. The van der Waals surface area contributed by atoms with E-state index in [1.165, 1.54) is 17.6 Å². The van der Waals surface area contributed by atoms with Crippen LogP contribution in [-0.4, -0.2) is 44.9 Å². The highest BCUT2D eigenvalue weighted by Gasteiger charge is 2.48. The van der Waals surface area contributed by atoms with Crippen LogP contribution in [0.1, 0.15) is 41.2 Å². The lowest BCUT2D eigenvalue weighted by Crippen LogP contribution is -2.59. The molecule has 2 aromatic heterocycles. The molecule has 0 bridgehead atoms. The number of thiazole rings is 1. The van der Waals surface area contributed by atoms with Gasteiger partial charge in [0.25, 0.3) is 5.91 Å². The fourth-order valence-corrected chi connectivity index (χ4v) is 4.51. The zero-order valence-electron chi connectivity index (χ0n) is 13.5. The van der Waals surface area contributed by atoms with E-state index in [0.717, 1.165) is 38.9 Å². The highest BCUT2D eigenvalue weighted by atomic mass is 32.1. The maximum absolute atomic E-state index is 12.3. The monoisotopic (exact) mass is 343 g/mol. The quantitative estimate of drug-likeness (QED) is 0.921. The van der Waals surface area contributed by atoms with Gasteiger partial charge in [0, 0.05) is 30.0 Å². The number of aromatic nitrogens is 3. The molecule has 1 spiro atoms. The van der Waals surface area contributed by atoms with E-state index < -0.39 is 0 Å². The first kappa shape index (κ1) is 15.7. The van der Waals surface area contributed by atoms with Crippen LogP contribution in [-0.2, 0) is 6.54 Å². The minimum Gasteiger partial charge on any atom is -0.347 e. The topological polar surface area (TPSA) is 71.0 Å². The summed E-state index contributed by atoms with van der Waals surface area (Å²) in [6, 6.07) is 0.272. The molecule has 1 aliphatic carbocycles. The summed E-state index contributed by atoms with van der Waals surface area (Å²) >= 11 is 1.72. The molecule has 24 heavy (non-hydrogen) atoms.